The summed E-state index contributed by atoms with van der Waals surface area (Å²) in [6.45, 7) is 0. The lowest BCUT2D eigenvalue weighted by atomic mass is 10.3. The average Bonchev–Trinajstić information content (AvgIpc) is 2.61. The number of nitro groups is 1. The Kier molecular flexibility index (Phi) is 5.78. The van der Waals surface area contributed by atoms with Crippen LogP contribution in [-0.4, -0.2) is 34.7 Å². The van der Waals surface area contributed by atoms with Crippen LogP contribution in [0.3, 0.4) is 0 Å². The summed E-state index contributed by atoms with van der Waals surface area (Å²) in [6, 6.07) is 5.96. The van der Waals surface area contributed by atoms with E-state index in [2.05, 4.69) is 4.72 Å². The lowest BCUT2D eigenvalue weighted by Crippen LogP contribution is -2.15. The summed E-state index contributed by atoms with van der Waals surface area (Å²) in [5, 5.41) is 11.1. The number of nitrogens with zero attached hydrogens (tertiary/aromatic N) is 1. The Bertz CT molecular complexity index is 947. The fraction of sp³-hybridized carbons (Fsp3) is 0.200. The van der Waals surface area contributed by atoms with Gasteiger partial charge in [-0.05, 0) is 12.1 Å². The number of halogens is 1. The molecule has 0 fully saturated rings. The number of benzene rings is 2. The Morgan fingerprint density at radius 3 is 2.15 bits per heavy atom. The maximum Gasteiger partial charge on any atom is 0.271 e. The summed E-state index contributed by atoms with van der Waals surface area (Å²) in [4.78, 5) is 9.85. The Morgan fingerprint density at radius 2 is 1.62 bits per heavy atom. The molecule has 0 radical (unpaired) electrons. The van der Waals surface area contributed by atoms with Gasteiger partial charge in [0.05, 0.1) is 37.0 Å². The molecule has 0 aliphatic rings. The Hall–Kier alpha value is -2.72. The minimum atomic E-state index is -4.24. The molecule has 140 valence electrons. The van der Waals surface area contributed by atoms with Gasteiger partial charge in [-0.3, -0.25) is 14.8 Å². The molecule has 0 saturated carbocycles. The van der Waals surface area contributed by atoms with Crippen LogP contribution in [0.5, 0.6) is 17.2 Å². The van der Waals surface area contributed by atoms with Crippen molar-refractivity contribution in [2.24, 2.45) is 0 Å². The lowest BCUT2D eigenvalue weighted by Gasteiger charge is -2.15. The predicted octanol–water partition coefficient (Wildman–Crippen LogP) is 3.07. The van der Waals surface area contributed by atoms with Crippen molar-refractivity contribution >= 4 is 33.0 Å². The van der Waals surface area contributed by atoms with Crippen LogP contribution >= 0.6 is 11.6 Å². The zero-order valence-electron chi connectivity index (χ0n) is 14.0. The number of hydrogen-bond donors (Lipinski definition) is 1. The van der Waals surface area contributed by atoms with E-state index >= 15 is 0 Å². The van der Waals surface area contributed by atoms with Crippen LogP contribution in [0.25, 0.3) is 0 Å². The van der Waals surface area contributed by atoms with Crippen molar-refractivity contribution in [1.29, 1.82) is 0 Å². The molecule has 2 aromatic rings. The summed E-state index contributed by atoms with van der Waals surface area (Å²) >= 11 is 6.03. The molecule has 9 nitrogen and oxygen atoms in total. The molecule has 1 N–H and O–H groups in total. The summed E-state index contributed by atoms with van der Waals surface area (Å²) in [5.74, 6) is 0.389. The Balaban J connectivity index is 2.55. The van der Waals surface area contributed by atoms with Crippen molar-refractivity contribution in [2.75, 3.05) is 26.1 Å². The minimum Gasteiger partial charge on any atom is -0.495 e. The second kappa shape index (κ2) is 7.67. The lowest BCUT2D eigenvalue weighted by molar-refractivity contribution is -0.385. The topological polar surface area (TPSA) is 117 Å². The zero-order valence-corrected chi connectivity index (χ0v) is 15.6. The van der Waals surface area contributed by atoms with Crippen molar-refractivity contribution in [3.8, 4) is 17.2 Å². The van der Waals surface area contributed by atoms with Crippen LogP contribution in [0.1, 0.15) is 0 Å². The number of sulfonamides is 1. The van der Waals surface area contributed by atoms with Crippen molar-refractivity contribution in [2.45, 2.75) is 4.90 Å². The van der Waals surface area contributed by atoms with E-state index in [4.69, 9.17) is 25.8 Å². The van der Waals surface area contributed by atoms with Gasteiger partial charge < -0.3 is 14.2 Å². The normalized spacial score (nSPS) is 10.9. The van der Waals surface area contributed by atoms with Gasteiger partial charge in [0, 0.05) is 18.2 Å². The third kappa shape index (κ3) is 3.92. The van der Waals surface area contributed by atoms with Crippen molar-refractivity contribution < 1.29 is 27.6 Å². The average molecular weight is 403 g/mol. The van der Waals surface area contributed by atoms with E-state index in [9.17, 15) is 18.5 Å². The van der Waals surface area contributed by atoms with E-state index in [0.29, 0.717) is 5.75 Å². The van der Waals surface area contributed by atoms with E-state index in [-0.39, 0.29) is 22.2 Å². The van der Waals surface area contributed by atoms with Crippen molar-refractivity contribution in [3.63, 3.8) is 0 Å². The third-order valence-electron chi connectivity index (χ3n) is 3.37. The molecular weight excluding hydrogens is 388 g/mol. The maximum absolute atomic E-state index is 12.7. The number of non-ortho nitro benzene ring substituents is 1. The number of hydrogen-bond acceptors (Lipinski definition) is 7. The summed E-state index contributed by atoms with van der Waals surface area (Å²) in [6.07, 6.45) is 0. The fourth-order valence-electron chi connectivity index (χ4n) is 2.13. The molecule has 0 aliphatic heterocycles. The SMILES string of the molecule is COc1cc(OC)c(NS(=O)(=O)c2cc([N+](=O)[O-])ccc2OC)cc1Cl. The molecule has 0 atom stereocenters. The standard InChI is InChI=1S/C15H15ClN2O7S/c1-23-12-5-4-9(18(19)20)6-15(12)26(21,22)17-11-7-10(16)13(24-2)8-14(11)25-3/h4-8,17H,1-3H3. The molecule has 0 amide bonds. The number of nitrogens with one attached hydrogen (secondary N) is 1. The first kappa shape index (κ1) is 19.6. The molecule has 2 rings (SSSR count). The molecule has 0 saturated heterocycles. The van der Waals surface area contributed by atoms with E-state index in [1.165, 1.54) is 39.5 Å². The fourth-order valence-corrected chi connectivity index (χ4v) is 3.62. The minimum absolute atomic E-state index is 0.0341. The maximum atomic E-state index is 12.7. The largest absolute Gasteiger partial charge is 0.495 e. The molecular formula is C15H15ClN2O7S. The first-order valence-corrected chi connectivity index (χ1v) is 8.86. The van der Waals surface area contributed by atoms with Gasteiger partial charge in [-0.25, -0.2) is 8.42 Å². The summed E-state index contributed by atoms with van der Waals surface area (Å²) < 4.78 is 43.0. The number of ether oxygens (including phenoxy) is 3. The van der Waals surface area contributed by atoms with Crippen LogP contribution in [-0.2, 0) is 10.0 Å². The van der Waals surface area contributed by atoms with Gasteiger partial charge in [-0.1, -0.05) is 11.6 Å². The molecule has 0 heterocycles. The first-order chi connectivity index (χ1) is 12.2. The quantitative estimate of drug-likeness (QED) is 0.558. The second-order valence-electron chi connectivity index (χ2n) is 4.88. The van der Waals surface area contributed by atoms with Crippen molar-refractivity contribution in [1.82, 2.24) is 0 Å². The number of rotatable bonds is 7. The number of methoxy groups -OCH3 is 3. The molecule has 11 heteroatoms. The van der Waals surface area contributed by atoms with Crippen LogP contribution < -0.4 is 18.9 Å². The monoisotopic (exact) mass is 402 g/mol. The van der Waals surface area contributed by atoms with Gasteiger partial charge in [0.25, 0.3) is 15.7 Å². The molecule has 0 spiro atoms. The van der Waals surface area contributed by atoms with Crippen LogP contribution in [0.4, 0.5) is 11.4 Å². The van der Waals surface area contributed by atoms with Gasteiger partial charge >= 0.3 is 0 Å². The van der Waals surface area contributed by atoms with Gasteiger partial charge in [-0.2, -0.15) is 0 Å². The molecule has 2 aromatic carbocycles. The van der Waals surface area contributed by atoms with Gasteiger partial charge in [0.15, 0.2) is 0 Å². The van der Waals surface area contributed by atoms with E-state index < -0.39 is 25.5 Å². The molecule has 0 unspecified atom stereocenters. The molecule has 0 bridgehead atoms. The number of anilines is 1. The highest BCUT2D eigenvalue weighted by molar-refractivity contribution is 7.92. The van der Waals surface area contributed by atoms with Crippen LogP contribution in [0.2, 0.25) is 5.02 Å². The molecule has 0 aromatic heterocycles. The van der Waals surface area contributed by atoms with E-state index in [0.717, 1.165) is 12.1 Å². The zero-order chi connectivity index (χ0) is 19.5. The molecule has 0 aliphatic carbocycles. The molecule has 26 heavy (non-hydrogen) atoms. The van der Waals surface area contributed by atoms with E-state index in [1.54, 1.807) is 0 Å². The highest BCUT2D eigenvalue weighted by Crippen LogP contribution is 2.38. The first-order valence-electron chi connectivity index (χ1n) is 7.00. The number of nitro benzene ring substituents is 1. The van der Waals surface area contributed by atoms with Crippen molar-refractivity contribution in [3.05, 3.63) is 45.5 Å². The highest BCUT2D eigenvalue weighted by Gasteiger charge is 2.25. The van der Waals surface area contributed by atoms with E-state index in [1.807, 2.05) is 0 Å². The van der Waals surface area contributed by atoms with Gasteiger partial charge in [0.2, 0.25) is 0 Å². The highest BCUT2D eigenvalue weighted by atomic mass is 35.5. The third-order valence-corrected chi connectivity index (χ3v) is 5.05. The smallest absolute Gasteiger partial charge is 0.271 e. The predicted molar refractivity (Wildman–Crippen MR) is 95.0 cm³/mol. The van der Waals surface area contributed by atoms with Gasteiger partial charge in [0.1, 0.15) is 22.1 Å². The van der Waals surface area contributed by atoms with Gasteiger partial charge in [-0.15, -0.1) is 0 Å². The van der Waals surface area contributed by atoms with Crippen LogP contribution in [0.15, 0.2) is 35.2 Å². The summed E-state index contributed by atoms with van der Waals surface area (Å²) in [7, 11) is -0.242. The Labute approximate surface area is 154 Å². The summed E-state index contributed by atoms with van der Waals surface area (Å²) in [5.41, 5.74) is -0.363. The second-order valence-corrected chi connectivity index (χ2v) is 6.94. The van der Waals surface area contributed by atoms with Crippen LogP contribution in [0, 0.1) is 10.1 Å². The Morgan fingerprint density at radius 1 is 1.00 bits per heavy atom.